The molecule has 0 unspecified atom stereocenters. The van der Waals surface area contributed by atoms with Crippen molar-refractivity contribution in [1.82, 2.24) is 0 Å². The van der Waals surface area contributed by atoms with E-state index in [0.717, 1.165) is 5.56 Å². The van der Waals surface area contributed by atoms with Crippen LogP contribution in [0.1, 0.15) is 5.56 Å². The molecule has 0 atom stereocenters. The van der Waals surface area contributed by atoms with Gasteiger partial charge in [-0.15, -0.1) is 0 Å². The van der Waals surface area contributed by atoms with Gasteiger partial charge in [0.2, 0.25) is 0 Å². The average molecular weight is 219 g/mol. The molecule has 2 nitrogen and oxygen atoms in total. The maximum Gasteiger partial charge on any atom is 1.00 e. The predicted molar refractivity (Wildman–Crippen MR) is 38.9 cm³/mol. The molecule has 0 aliphatic carbocycles. The molecule has 0 heterocycles. The summed E-state index contributed by atoms with van der Waals surface area (Å²) in [5.74, 6) is 0.112. The Morgan fingerprint density at radius 2 is 1.64 bits per heavy atom. The molecular weight excluding hydrogens is 212 g/mol. The van der Waals surface area contributed by atoms with Crippen LogP contribution in [0.5, 0.6) is 0 Å². The van der Waals surface area contributed by atoms with Gasteiger partial charge in [-0.25, -0.2) is 0 Å². The molecule has 0 aromatic heterocycles. The van der Waals surface area contributed by atoms with Crippen LogP contribution in [0.4, 0.5) is 0 Å². The summed E-state index contributed by atoms with van der Waals surface area (Å²) in [5.41, 5.74) is 0.829. The van der Waals surface area contributed by atoms with Gasteiger partial charge in [0.1, 0.15) is 0 Å². The summed E-state index contributed by atoms with van der Waals surface area (Å²) in [6, 6.07) is 9.08. The topological polar surface area (TPSA) is 34.1 Å². The van der Waals surface area contributed by atoms with Crippen molar-refractivity contribution in [3.63, 3.8) is 0 Å². The minimum atomic E-state index is -1.97. The predicted octanol–water partition coefficient (Wildman–Crippen LogP) is 1.49. The number of benzene rings is 1. The molecule has 0 spiro atoms. The fourth-order valence-corrected chi connectivity index (χ4v) is 1.17. The van der Waals surface area contributed by atoms with E-state index in [2.05, 4.69) is 0 Å². The Labute approximate surface area is 78.0 Å². The van der Waals surface area contributed by atoms with Gasteiger partial charge in [0.25, 0.3) is 0 Å². The summed E-state index contributed by atoms with van der Waals surface area (Å²) in [7, 11) is -1.97. The van der Waals surface area contributed by atoms with Crippen LogP contribution >= 0.6 is 0 Å². The first-order chi connectivity index (χ1) is 4.79. The van der Waals surface area contributed by atoms with E-state index < -0.39 is 10.7 Å². The molecule has 0 N–H and O–H groups in total. The maximum absolute atomic E-state index is 10.2. The van der Waals surface area contributed by atoms with Crippen LogP contribution in [0.15, 0.2) is 30.3 Å². The summed E-state index contributed by atoms with van der Waals surface area (Å²) in [6.07, 6.45) is 0. The van der Waals surface area contributed by atoms with Gasteiger partial charge >= 0.3 is 17.1 Å². The van der Waals surface area contributed by atoms with Crippen molar-refractivity contribution in [3.8, 4) is 0 Å². The molecule has 0 radical (unpaired) electrons. The molecule has 0 fully saturated rings. The van der Waals surface area contributed by atoms with E-state index >= 15 is 0 Å². The summed E-state index contributed by atoms with van der Waals surface area (Å²) in [5, 5.41) is 0. The zero-order valence-electron chi connectivity index (χ0n) is 5.62. The SMILES string of the molecule is O=[S-](=O)Cc1ccccc1.[Cu+]. The quantitative estimate of drug-likeness (QED) is 0.557. The van der Waals surface area contributed by atoms with Crippen LogP contribution in [-0.4, -0.2) is 0 Å². The van der Waals surface area contributed by atoms with Gasteiger partial charge in [-0.3, -0.25) is 0 Å². The number of hydrogen-bond acceptors (Lipinski definition) is 3. The van der Waals surface area contributed by atoms with Crippen molar-refractivity contribution < 1.29 is 25.5 Å². The fourth-order valence-electron chi connectivity index (χ4n) is 0.710. The third kappa shape index (κ3) is 4.19. The Bertz CT molecular complexity index is 261. The molecule has 0 amide bonds. The van der Waals surface area contributed by atoms with Crippen molar-refractivity contribution in [2.75, 3.05) is 0 Å². The molecule has 0 bridgehead atoms. The van der Waals surface area contributed by atoms with Crippen LogP contribution in [0.25, 0.3) is 0 Å². The Hall–Kier alpha value is -0.311. The number of hydrogen-bond donors (Lipinski definition) is 0. The van der Waals surface area contributed by atoms with Gasteiger partial charge in [-0.05, 0) is 5.75 Å². The molecule has 0 saturated carbocycles. The maximum atomic E-state index is 10.2. The summed E-state index contributed by atoms with van der Waals surface area (Å²) < 4.78 is 20.3. The van der Waals surface area contributed by atoms with E-state index in [1.54, 1.807) is 12.1 Å². The molecule has 11 heavy (non-hydrogen) atoms. The minimum Gasteiger partial charge on any atom is -0.424 e. The van der Waals surface area contributed by atoms with E-state index in [4.69, 9.17) is 0 Å². The molecule has 1 aromatic carbocycles. The molecule has 0 saturated heterocycles. The second kappa shape index (κ2) is 5.35. The third-order valence-corrected chi connectivity index (χ3v) is 1.70. The second-order valence-corrected chi connectivity index (χ2v) is 2.83. The second-order valence-electron chi connectivity index (χ2n) is 1.93. The first-order valence-electron chi connectivity index (χ1n) is 2.89. The van der Waals surface area contributed by atoms with Crippen molar-refractivity contribution in [2.45, 2.75) is 5.75 Å². The molecule has 4 heteroatoms. The molecule has 0 aliphatic rings. The van der Waals surface area contributed by atoms with Crippen LogP contribution < -0.4 is 0 Å². The summed E-state index contributed by atoms with van der Waals surface area (Å²) in [4.78, 5) is 0. The van der Waals surface area contributed by atoms with Gasteiger partial charge in [0, 0.05) is 0 Å². The molecule has 64 valence electrons. The van der Waals surface area contributed by atoms with E-state index in [-0.39, 0.29) is 22.8 Å². The van der Waals surface area contributed by atoms with Gasteiger partial charge < -0.3 is 8.42 Å². The monoisotopic (exact) mass is 218 g/mol. The van der Waals surface area contributed by atoms with Crippen molar-refractivity contribution in [3.05, 3.63) is 35.9 Å². The Morgan fingerprint density at radius 3 is 2.09 bits per heavy atom. The van der Waals surface area contributed by atoms with Crippen LogP contribution in [0.3, 0.4) is 0 Å². The first-order valence-corrected chi connectivity index (χ1v) is 4.13. The average Bonchev–Trinajstić information content (AvgIpc) is 1.88. The molecular formula is C7H7CuO2S. The molecule has 1 rings (SSSR count). The zero-order chi connectivity index (χ0) is 7.40. The van der Waals surface area contributed by atoms with E-state index in [0.29, 0.717) is 0 Å². The normalized spacial score (nSPS) is 9.18. The molecule has 1 aromatic rings. The standard InChI is InChI=1S/C7H7O2S.Cu/c8-10(9)6-7-4-2-1-3-5-7;/h1-5H,6H2;/q-1;+1. The summed E-state index contributed by atoms with van der Waals surface area (Å²) in [6.45, 7) is 0. The minimum absolute atomic E-state index is 0. The Morgan fingerprint density at radius 1 is 1.09 bits per heavy atom. The molecule has 0 aliphatic heterocycles. The first kappa shape index (κ1) is 10.7. The van der Waals surface area contributed by atoms with Crippen LogP contribution in [0.2, 0.25) is 0 Å². The van der Waals surface area contributed by atoms with Crippen LogP contribution in [0, 0.1) is 0 Å². The van der Waals surface area contributed by atoms with Crippen LogP contribution in [-0.2, 0) is 41.9 Å². The van der Waals surface area contributed by atoms with Gasteiger partial charge in [0.15, 0.2) is 0 Å². The van der Waals surface area contributed by atoms with Gasteiger partial charge in [0.05, 0.1) is 0 Å². The summed E-state index contributed by atoms with van der Waals surface area (Å²) >= 11 is 0. The Kier molecular flexibility index (Phi) is 5.20. The van der Waals surface area contributed by atoms with E-state index in [1.165, 1.54) is 0 Å². The smallest absolute Gasteiger partial charge is 0.424 e. The van der Waals surface area contributed by atoms with E-state index in [1.807, 2.05) is 18.2 Å². The largest absolute Gasteiger partial charge is 1.00 e. The zero-order valence-corrected chi connectivity index (χ0v) is 7.38. The van der Waals surface area contributed by atoms with Crippen molar-refractivity contribution in [1.29, 1.82) is 0 Å². The van der Waals surface area contributed by atoms with E-state index in [9.17, 15) is 8.42 Å². The number of rotatable bonds is 2. The van der Waals surface area contributed by atoms with Gasteiger partial charge in [-0.1, -0.05) is 46.6 Å². The fraction of sp³-hybridized carbons (Fsp3) is 0.143. The Balaban J connectivity index is 0.000001000. The van der Waals surface area contributed by atoms with Gasteiger partial charge in [-0.2, -0.15) is 0 Å². The van der Waals surface area contributed by atoms with Crippen molar-refractivity contribution in [2.24, 2.45) is 0 Å². The third-order valence-electron chi connectivity index (χ3n) is 1.13. The van der Waals surface area contributed by atoms with Crippen molar-refractivity contribution >= 4 is 10.7 Å².